The van der Waals surface area contributed by atoms with E-state index in [2.05, 4.69) is 36.4 Å². The van der Waals surface area contributed by atoms with E-state index >= 15 is 0 Å². The number of aliphatic hydroxyl groups excluding tert-OH is 1. The first-order valence-corrected chi connectivity index (χ1v) is 7.91. The highest BCUT2D eigenvalue weighted by Gasteiger charge is 2.07. The van der Waals surface area contributed by atoms with E-state index in [0.29, 0.717) is 5.92 Å². The highest BCUT2D eigenvalue weighted by molar-refractivity contribution is 14.0. The van der Waals surface area contributed by atoms with Crippen LogP contribution in [0.4, 0.5) is 0 Å². The van der Waals surface area contributed by atoms with Crippen molar-refractivity contribution in [1.82, 2.24) is 10.6 Å². The van der Waals surface area contributed by atoms with Gasteiger partial charge in [0.25, 0.3) is 0 Å². The summed E-state index contributed by atoms with van der Waals surface area (Å²) in [6.07, 6.45) is 6.84. The summed E-state index contributed by atoms with van der Waals surface area (Å²) in [5, 5.41) is 15.7. The van der Waals surface area contributed by atoms with Crippen molar-refractivity contribution in [3.8, 4) is 0 Å². The normalized spacial score (nSPS) is 12.7. The van der Waals surface area contributed by atoms with Crippen LogP contribution in [-0.2, 0) is 0 Å². The Morgan fingerprint density at radius 3 is 2.35 bits per heavy atom. The SMILES string of the molecule is CCCCCNC(=NCC(CCC)CCO)NCC.I. The molecule has 1 unspecified atom stereocenters. The van der Waals surface area contributed by atoms with Gasteiger partial charge in [0.1, 0.15) is 0 Å². The first-order valence-electron chi connectivity index (χ1n) is 7.91. The number of hydrogen-bond donors (Lipinski definition) is 3. The molecule has 3 N–H and O–H groups in total. The maximum Gasteiger partial charge on any atom is 0.191 e. The van der Waals surface area contributed by atoms with Crippen molar-refractivity contribution in [2.75, 3.05) is 26.2 Å². The lowest BCUT2D eigenvalue weighted by molar-refractivity contribution is 0.253. The van der Waals surface area contributed by atoms with E-state index < -0.39 is 0 Å². The van der Waals surface area contributed by atoms with Gasteiger partial charge in [-0.3, -0.25) is 4.99 Å². The summed E-state index contributed by atoms with van der Waals surface area (Å²) in [5.41, 5.74) is 0. The standard InChI is InChI=1S/C15H33N3O.HI/c1-4-7-8-11-17-15(16-6-3)18-13-14(9-5-2)10-12-19;/h14,19H,4-13H2,1-3H3,(H2,16,17,18);1H. The van der Waals surface area contributed by atoms with E-state index in [0.717, 1.165) is 44.9 Å². The van der Waals surface area contributed by atoms with Crippen molar-refractivity contribution in [3.63, 3.8) is 0 Å². The second-order valence-electron chi connectivity index (χ2n) is 5.02. The predicted octanol–water partition coefficient (Wildman–Crippen LogP) is 3.15. The maximum absolute atomic E-state index is 9.05. The van der Waals surface area contributed by atoms with Crippen molar-refractivity contribution >= 4 is 29.9 Å². The quantitative estimate of drug-likeness (QED) is 0.217. The van der Waals surface area contributed by atoms with Crippen LogP contribution in [0.25, 0.3) is 0 Å². The summed E-state index contributed by atoms with van der Waals surface area (Å²) in [6, 6.07) is 0. The molecule has 20 heavy (non-hydrogen) atoms. The van der Waals surface area contributed by atoms with Crippen molar-refractivity contribution in [1.29, 1.82) is 0 Å². The molecule has 0 aliphatic carbocycles. The molecule has 0 aliphatic heterocycles. The van der Waals surface area contributed by atoms with Gasteiger partial charge in [-0.05, 0) is 32.1 Å². The van der Waals surface area contributed by atoms with Crippen LogP contribution in [0, 0.1) is 5.92 Å². The van der Waals surface area contributed by atoms with Gasteiger partial charge in [0.2, 0.25) is 0 Å². The fraction of sp³-hybridized carbons (Fsp3) is 0.933. The lowest BCUT2D eigenvalue weighted by Gasteiger charge is -2.15. The third kappa shape index (κ3) is 13.0. The molecular weight excluding hydrogens is 365 g/mol. The first kappa shape index (κ1) is 22.2. The van der Waals surface area contributed by atoms with Gasteiger partial charge in [0, 0.05) is 26.2 Å². The second kappa shape index (κ2) is 17.0. The highest BCUT2D eigenvalue weighted by atomic mass is 127. The Balaban J connectivity index is 0. The fourth-order valence-electron chi connectivity index (χ4n) is 2.06. The first-order chi connectivity index (χ1) is 9.28. The molecule has 0 aromatic rings. The zero-order valence-electron chi connectivity index (χ0n) is 13.5. The summed E-state index contributed by atoms with van der Waals surface area (Å²) >= 11 is 0. The number of unbranched alkanes of at least 4 members (excludes halogenated alkanes) is 2. The molecule has 0 amide bonds. The van der Waals surface area contributed by atoms with Crippen LogP contribution in [-0.4, -0.2) is 37.3 Å². The van der Waals surface area contributed by atoms with Crippen molar-refractivity contribution in [2.24, 2.45) is 10.9 Å². The van der Waals surface area contributed by atoms with Gasteiger partial charge in [-0.1, -0.05) is 33.1 Å². The Labute approximate surface area is 142 Å². The number of nitrogens with one attached hydrogen (secondary N) is 2. The molecule has 5 heteroatoms. The monoisotopic (exact) mass is 399 g/mol. The van der Waals surface area contributed by atoms with E-state index in [1.807, 2.05) is 0 Å². The smallest absolute Gasteiger partial charge is 0.191 e. The Morgan fingerprint density at radius 2 is 1.80 bits per heavy atom. The molecule has 0 rings (SSSR count). The summed E-state index contributed by atoms with van der Waals surface area (Å²) in [5.74, 6) is 1.42. The Bertz CT molecular complexity index is 219. The van der Waals surface area contributed by atoms with Gasteiger partial charge in [-0.25, -0.2) is 0 Å². The number of aliphatic imine (C=N–C) groups is 1. The van der Waals surface area contributed by atoms with E-state index in [9.17, 15) is 0 Å². The fourth-order valence-corrected chi connectivity index (χ4v) is 2.06. The molecule has 0 aromatic carbocycles. The Hall–Kier alpha value is -0.0400. The van der Waals surface area contributed by atoms with Gasteiger partial charge in [0.05, 0.1) is 0 Å². The average Bonchev–Trinajstić information content (AvgIpc) is 2.41. The molecule has 0 radical (unpaired) electrons. The van der Waals surface area contributed by atoms with Crippen LogP contribution in [0.5, 0.6) is 0 Å². The maximum atomic E-state index is 9.05. The third-order valence-corrected chi connectivity index (χ3v) is 3.16. The molecule has 0 spiro atoms. The van der Waals surface area contributed by atoms with Crippen LogP contribution in [0.15, 0.2) is 4.99 Å². The summed E-state index contributed by atoms with van der Waals surface area (Å²) < 4.78 is 0. The van der Waals surface area contributed by atoms with E-state index in [1.54, 1.807) is 0 Å². The van der Waals surface area contributed by atoms with Crippen LogP contribution in [0.3, 0.4) is 0 Å². The molecule has 0 bridgehead atoms. The van der Waals surface area contributed by atoms with Gasteiger partial charge in [-0.15, -0.1) is 24.0 Å². The van der Waals surface area contributed by atoms with Crippen molar-refractivity contribution < 1.29 is 5.11 Å². The second-order valence-corrected chi connectivity index (χ2v) is 5.02. The molecule has 0 saturated carbocycles. The van der Waals surface area contributed by atoms with E-state index in [4.69, 9.17) is 5.11 Å². The topological polar surface area (TPSA) is 56.7 Å². The molecule has 0 fully saturated rings. The Morgan fingerprint density at radius 1 is 1.05 bits per heavy atom. The van der Waals surface area contributed by atoms with E-state index in [1.165, 1.54) is 19.3 Å². The molecule has 1 atom stereocenters. The highest BCUT2D eigenvalue weighted by Crippen LogP contribution is 2.10. The van der Waals surface area contributed by atoms with Crippen LogP contribution in [0.2, 0.25) is 0 Å². The van der Waals surface area contributed by atoms with Gasteiger partial charge in [0.15, 0.2) is 5.96 Å². The van der Waals surface area contributed by atoms with Crippen LogP contribution < -0.4 is 10.6 Å². The molecule has 0 heterocycles. The van der Waals surface area contributed by atoms with Crippen LogP contribution >= 0.6 is 24.0 Å². The van der Waals surface area contributed by atoms with Crippen molar-refractivity contribution in [3.05, 3.63) is 0 Å². The number of rotatable bonds is 11. The average molecular weight is 399 g/mol. The molecule has 0 aliphatic rings. The molecular formula is C15H34IN3O. The number of hydrogen-bond acceptors (Lipinski definition) is 2. The Kier molecular flexibility index (Phi) is 18.9. The van der Waals surface area contributed by atoms with E-state index in [-0.39, 0.29) is 30.6 Å². The largest absolute Gasteiger partial charge is 0.396 e. The number of aliphatic hydroxyl groups is 1. The zero-order chi connectivity index (χ0) is 14.3. The number of halogens is 1. The minimum absolute atomic E-state index is 0. The van der Waals surface area contributed by atoms with Crippen molar-refractivity contribution in [2.45, 2.75) is 59.3 Å². The number of nitrogens with zero attached hydrogens (tertiary/aromatic N) is 1. The molecule has 122 valence electrons. The zero-order valence-corrected chi connectivity index (χ0v) is 15.8. The third-order valence-electron chi connectivity index (χ3n) is 3.16. The summed E-state index contributed by atoms with van der Waals surface area (Å²) in [7, 11) is 0. The summed E-state index contributed by atoms with van der Waals surface area (Å²) in [4.78, 5) is 4.63. The van der Waals surface area contributed by atoms with Crippen LogP contribution in [0.1, 0.15) is 59.3 Å². The molecule has 4 nitrogen and oxygen atoms in total. The summed E-state index contributed by atoms with van der Waals surface area (Å²) in [6.45, 7) is 9.42. The molecule has 0 aromatic heterocycles. The number of guanidine groups is 1. The lowest BCUT2D eigenvalue weighted by Crippen LogP contribution is -2.38. The van der Waals surface area contributed by atoms with Gasteiger partial charge in [-0.2, -0.15) is 0 Å². The lowest BCUT2D eigenvalue weighted by atomic mass is 10.0. The van der Waals surface area contributed by atoms with Gasteiger partial charge < -0.3 is 15.7 Å². The minimum atomic E-state index is 0. The minimum Gasteiger partial charge on any atom is -0.396 e. The van der Waals surface area contributed by atoms with Gasteiger partial charge >= 0.3 is 0 Å². The predicted molar refractivity (Wildman–Crippen MR) is 99.0 cm³/mol. The molecule has 0 saturated heterocycles.